The third-order valence-corrected chi connectivity index (χ3v) is 4.78. The molecule has 0 spiro atoms. The molecule has 108 valence electrons. The number of carbonyl (C=O) groups is 1. The molecule has 0 amide bonds. The van der Waals surface area contributed by atoms with Gasteiger partial charge in [-0.05, 0) is 30.4 Å². The zero-order valence-electron chi connectivity index (χ0n) is 11.7. The molecule has 3 rings (SSSR count). The summed E-state index contributed by atoms with van der Waals surface area (Å²) in [5.41, 5.74) is 2.54. The molecule has 3 heteroatoms. The molecule has 1 aromatic rings. The van der Waals surface area contributed by atoms with Crippen molar-refractivity contribution in [3.63, 3.8) is 0 Å². The Morgan fingerprint density at radius 2 is 1.90 bits per heavy atom. The summed E-state index contributed by atoms with van der Waals surface area (Å²) in [4.78, 5) is 12.4. The van der Waals surface area contributed by atoms with Crippen LogP contribution >= 0.6 is 11.6 Å². The Morgan fingerprint density at radius 1 is 1.15 bits per heavy atom. The van der Waals surface area contributed by atoms with Crippen LogP contribution in [0, 0.1) is 5.92 Å². The molecule has 0 aromatic heterocycles. The average molecular weight is 293 g/mol. The lowest BCUT2D eigenvalue weighted by atomic mass is 9.80. The molecule has 1 fully saturated rings. The van der Waals surface area contributed by atoms with E-state index in [0.29, 0.717) is 12.2 Å². The van der Waals surface area contributed by atoms with E-state index in [1.807, 2.05) is 6.07 Å². The molecule has 20 heavy (non-hydrogen) atoms. The Morgan fingerprint density at radius 3 is 2.70 bits per heavy atom. The zero-order chi connectivity index (χ0) is 13.9. The molecule has 2 aliphatic heterocycles. The summed E-state index contributed by atoms with van der Waals surface area (Å²) in [5, 5.41) is 0. The highest BCUT2D eigenvalue weighted by atomic mass is 35.5. The van der Waals surface area contributed by atoms with Crippen molar-refractivity contribution in [1.29, 1.82) is 0 Å². The van der Waals surface area contributed by atoms with Gasteiger partial charge in [-0.1, -0.05) is 37.1 Å². The summed E-state index contributed by atoms with van der Waals surface area (Å²) in [7, 11) is 0. The van der Waals surface area contributed by atoms with E-state index < -0.39 is 0 Å². The van der Waals surface area contributed by atoms with Gasteiger partial charge < -0.3 is 4.74 Å². The van der Waals surface area contributed by atoms with E-state index in [0.717, 1.165) is 38.0 Å². The summed E-state index contributed by atoms with van der Waals surface area (Å²) in [6.45, 7) is 0. The zero-order valence-corrected chi connectivity index (χ0v) is 12.4. The molecule has 0 saturated carbocycles. The number of halogens is 1. The molecule has 2 nitrogen and oxygen atoms in total. The Kier molecular flexibility index (Phi) is 4.42. The van der Waals surface area contributed by atoms with Gasteiger partial charge in [0.1, 0.15) is 5.78 Å². The highest BCUT2D eigenvalue weighted by Gasteiger charge is 2.47. The molecule has 1 saturated heterocycles. The summed E-state index contributed by atoms with van der Waals surface area (Å²) >= 11 is 5.65. The predicted molar refractivity (Wildman–Crippen MR) is 79.9 cm³/mol. The van der Waals surface area contributed by atoms with Crippen LogP contribution in [0.2, 0.25) is 0 Å². The molecule has 0 aliphatic carbocycles. The molecule has 2 aliphatic rings. The maximum Gasteiger partial charge on any atom is 0.139 e. The summed E-state index contributed by atoms with van der Waals surface area (Å²) in [6.07, 6.45) is 6.03. The third-order valence-electron chi connectivity index (χ3n) is 4.51. The van der Waals surface area contributed by atoms with Crippen molar-refractivity contribution in [2.24, 2.45) is 5.92 Å². The van der Waals surface area contributed by atoms with Crippen molar-refractivity contribution in [2.45, 2.75) is 50.7 Å². The maximum absolute atomic E-state index is 12.4. The van der Waals surface area contributed by atoms with Gasteiger partial charge in [0, 0.05) is 12.3 Å². The van der Waals surface area contributed by atoms with E-state index in [1.54, 1.807) is 0 Å². The van der Waals surface area contributed by atoms with Gasteiger partial charge in [0.15, 0.2) is 0 Å². The fourth-order valence-corrected chi connectivity index (χ4v) is 3.66. The number of carbonyl (C=O) groups excluding carboxylic acids is 1. The van der Waals surface area contributed by atoms with Crippen LogP contribution in [0.25, 0.3) is 0 Å². The molecule has 0 N–H and O–H groups in total. The van der Waals surface area contributed by atoms with E-state index in [-0.39, 0.29) is 18.1 Å². The number of hydrogen-bond donors (Lipinski definition) is 0. The number of hydrogen-bond acceptors (Lipinski definition) is 2. The molecule has 1 aromatic carbocycles. The summed E-state index contributed by atoms with van der Waals surface area (Å²) < 4.78 is 5.98. The van der Waals surface area contributed by atoms with Crippen LogP contribution in [0.3, 0.4) is 0 Å². The molecule has 2 heterocycles. The topological polar surface area (TPSA) is 26.3 Å². The highest BCUT2D eigenvalue weighted by molar-refractivity contribution is 6.17. The lowest BCUT2D eigenvalue weighted by molar-refractivity contribution is -0.124. The minimum absolute atomic E-state index is 0.0199. The van der Waals surface area contributed by atoms with Crippen molar-refractivity contribution in [1.82, 2.24) is 0 Å². The Labute approximate surface area is 125 Å². The molecule has 2 bridgehead atoms. The second kappa shape index (κ2) is 6.28. The molecular formula is C17H21ClO2. The quantitative estimate of drug-likeness (QED) is 0.543. The first-order valence-corrected chi connectivity index (χ1v) is 8.17. The van der Waals surface area contributed by atoms with Crippen molar-refractivity contribution in [3.05, 3.63) is 35.4 Å². The maximum atomic E-state index is 12.4. The molecule has 0 unspecified atom stereocenters. The second-order valence-corrected chi connectivity index (χ2v) is 6.21. The van der Waals surface area contributed by atoms with E-state index in [9.17, 15) is 4.79 Å². The normalized spacial score (nSPS) is 26.8. The van der Waals surface area contributed by atoms with Gasteiger partial charge in [-0.2, -0.15) is 0 Å². The van der Waals surface area contributed by atoms with Gasteiger partial charge in [0.05, 0.1) is 18.1 Å². The van der Waals surface area contributed by atoms with E-state index in [2.05, 4.69) is 18.2 Å². The minimum atomic E-state index is 0.0199. The van der Waals surface area contributed by atoms with Crippen molar-refractivity contribution < 1.29 is 9.53 Å². The molecule has 3 atom stereocenters. The van der Waals surface area contributed by atoms with Gasteiger partial charge in [0.2, 0.25) is 0 Å². The number of unbranched alkanes of at least 4 members (excludes halogenated alkanes) is 3. The SMILES string of the molecule is O=C(CCCCCCCl)[C@H]1C[C@H]2O[C@@H]1c1ccccc12. The summed E-state index contributed by atoms with van der Waals surface area (Å²) in [5.74, 6) is 1.20. The first kappa shape index (κ1) is 14.1. The van der Waals surface area contributed by atoms with Gasteiger partial charge in [-0.15, -0.1) is 11.6 Å². The summed E-state index contributed by atoms with van der Waals surface area (Å²) in [6, 6.07) is 8.33. The lowest BCUT2D eigenvalue weighted by Gasteiger charge is -2.20. The van der Waals surface area contributed by atoms with E-state index in [1.165, 1.54) is 11.1 Å². The third kappa shape index (κ3) is 2.64. The monoisotopic (exact) mass is 292 g/mol. The number of Topliss-reactive ketones (excluding diaryl/α,β-unsaturated/α-hetero) is 1. The smallest absolute Gasteiger partial charge is 0.139 e. The standard InChI is InChI=1S/C17H21ClO2/c18-10-6-2-1-3-9-15(19)14-11-16-12-7-4-5-8-13(12)17(14)20-16/h4-5,7-8,14,16-17H,1-3,6,9-11H2/t14-,16-,17-/m1/s1. The van der Waals surface area contributed by atoms with Gasteiger partial charge >= 0.3 is 0 Å². The van der Waals surface area contributed by atoms with Crippen LogP contribution in [0.5, 0.6) is 0 Å². The Balaban J connectivity index is 1.54. The van der Waals surface area contributed by atoms with Crippen molar-refractivity contribution >= 4 is 17.4 Å². The number of alkyl halides is 1. The first-order valence-electron chi connectivity index (χ1n) is 7.64. The highest BCUT2D eigenvalue weighted by Crippen LogP contribution is 2.54. The number of ketones is 1. The van der Waals surface area contributed by atoms with Gasteiger partial charge in [-0.25, -0.2) is 0 Å². The van der Waals surface area contributed by atoms with Gasteiger partial charge in [0.25, 0.3) is 0 Å². The molecule has 0 radical (unpaired) electrons. The van der Waals surface area contributed by atoms with Crippen LogP contribution in [-0.4, -0.2) is 11.7 Å². The minimum Gasteiger partial charge on any atom is -0.365 e. The molecular weight excluding hydrogens is 272 g/mol. The van der Waals surface area contributed by atoms with Crippen molar-refractivity contribution in [2.75, 3.05) is 5.88 Å². The van der Waals surface area contributed by atoms with Crippen molar-refractivity contribution in [3.8, 4) is 0 Å². The van der Waals surface area contributed by atoms with Crippen LogP contribution in [-0.2, 0) is 9.53 Å². The fraction of sp³-hybridized carbons (Fsp3) is 0.588. The van der Waals surface area contributed by atoms with Crippen LogP contribution in [0.1, 0.15) is 61.9 Å². The van der Waals surface area contributed by atoms with Gasteiger partial charge in [-0.3, -0.25) is 4.79 Å². The Bertz CT molecular complexity index is 486. The second-order valence-electron chi connectivity index (χ2n) is 5.84. The number of benzene rings is 1. The lowest BCUT2D eigenvalue weighted by Crippen LogP contribution is -2.20. The van der Waals surface area contributed by atoms with E-state index >= 15 is 0 Å². The van der Waals surface area contributed by atoms with E-state index in [4.69, 9.17) is 16.3 Å². The van der Waals surface area contributed by atoms with Crippen LogP contribution in [0.15, 0.2) is 24.3 Å². The van der Waals surface area contributed by atoms with Crippen LogP contribution < -0.4 is 0 Å². The average Bonchev–Trinajstić information content (AvgIpc) is 3.06. The number of ether oxygens (including phenoxy) is 1. The van der Waals surface area contributed by atoms with Crippen LogP contribution in [0.4, 0.5) is 0 Å². The number of rotatable bonds is 7. The number of fused-ring (bicyclic) bond motifs is 5. The first-order chi connectivity index (χ1) is 9.81. The Hall–Kier alpha value is -0.860. The fourth-order valence-electron chi connectivity index (χ4n) is 3.47. The predicted octanol–water partition coefficient (Wildman–Crippen LogP) is 4.58. The largest absolute Gasteiger partial charge is 0.365 e.